The lowest BCUT2D eigenvalue weighted by atomic mass is 9.93. The number of anilines is 3. The quantitative estimate of drug-likeness (QED) is 0.281. The Labute approximate surface area is 245 Å². The molecule has 3 aliphatic rings. The summed E-state index contributed by atoms with van der Waals surface area (Å²) in [5.74, 6) is -1.90. The van der Waals surface area contributed by atoms with Crippen LogP contribution in [0.3, 0.4) is 0 Å². The van der Waals surface area contributed by atoms with Crippen molar-refractivity contribution in [3.05, 3.63) is 35.5 Å². The molecule has 0 radical (unpaired) electrons. The molecule has 2 fully saturated rings. The van der Waals surface area contributed by atoms with Crippen molar-refractivity contribution >= 4 is 40.1 Å². The van der Waals surface area contributed by atoms with E-state index in [1.54, 1.807) is 23.1 Å². The van der Waals surface area contributed by atoms with Gasteiger partial charge in [0.15, 0.2) is 11.5 Å². The SMILES string of the molecule is O=C(O)C(F)(F)F.O=C(c1ccc(Nc2cc(NC3CCC3)c3c(C(F)(F)F)c[nH]c3n2)c2c1OCCO2)N1CCOCC1. The van der Waals surface area contributed by atoms with Crippen LogP contribution in [0.25, 0.3) is 11.0 Å². The van der Waals surface area contributed by atoms with Crippen LogP contribution in [0.1, 0.15) is 35.2 Å². The van der Waals surface area contributed by atoms with Crippen molar-refractivity contribution in [3.63, 3.8) is 0 Å². The van der Waals surface area contributed by atoms with E-state index >= 15 is 0 Å². The minimum atomic E-state index is -5.08. The number of benzene rings is 1. The third-order valence-corrected chi connectivity index (χ3v) is 7.13. The number of aliphatic carboxylic acids is 1. The molecule has 2 aliphatic heterocycles. The number of carboxylic acids is 1. The lowest BCUT2D eigenvalue weighted by Crippen LogP contribution is -2.41. The molecule has 238 valence electrons. The van der Waals surface area contributed by atoms with Crippen molar-refractivity contribution < 1.29 is 55.2 Å². The van der Waals surface area contributed by atoms with Gasteiger partial charge in [0.2, 0.25) is 0 Å². The Morgan fingerprint density at radius 3 is 2.23 bits per heavy atom. The van der Waals surface area contributed by atoms with E-state index in [4.69, 9.17) is 24.1 Å². The number of aromatic amines is 1. The van der Waals surface area contributed by atoms with E-state index < -0.39 is 23.9 Å². The number of carbonyl (C=O) groups is 2. The van der Waals surface area contributed by atoms with Crippen LogP contribution >= 0.6 is 0 Å². The van der Waals surface area contributed by atoms with Gasteiger partial charge in [-0.25, -0.2) is 9.78 Å². The lowest BCUT2D eigenvalue weighted by Gasteiger charge is -2.29. The minimum absolute atomic E-state index is 0.0121. The number of hydrogen-bond donors (Lipinski definition) is 4. The summed E-state index contributed by atoms with van der Waals surface area (Å²) >= 11 is 0. The Kier molecular flexibility index (Phi) is 8.67. The molecule has 0 spiro atoms. The monoisotopic (exact) mass is 631 g/mol. The Morgan fingerprint density at radius 2 is 1.64 bits per heavy atom. The third kappa shape index (κ3) is 6.71. The van der Waals surface area contributed by atoms with Gasteiger partial charge >= 0.3 is 18.3 Å². The van der Waals surface area contributed by atoms with Gasteiger partial charge in [-0.05, 0) is 31.4 Å². The van der Waals surface area contributed by atoms with E-state index in [1.165, 1.54) is 0 Å². The number of amides is 1. The molecule has 4 heterocycles. The van der Waals surface area contributed by atoms with Crippen molar-refractivity contribution in [1.29, 1.82) is 0 Å². The maximum Gasteiger partial charge on any atom is 0.490 e. The predicted molar refractivity (Wildman–Crippen MR) is 143 cm³/mol. The Hall–Kier alpha value is -4.41. The lowest BCUT2D eigenvalue weighted by molar-refractivity contribution is -0.192. The van der Waals surface area contributed by atoms with Crippen molar-refractivity contribution in [1.82, 2.24) is 14.9 Å². The van der Waals surface area contributed by atoms with Gasteiger partial charge in [0, 0.05) is 37.1 Å². The molecule has 1 aliphatic carbocycles. The van der Waals surface area contributed by atoms with Crippen LogP contribution in [0.15, 0.2) is 24.4 Å². The first-order valence-corrected chi connectivity index (χ1v) is 13.6. The number of fused-ring (bicyclic) bond motifs is 2. The van der Waals surface area contributed by atoms with E-state index in [1.807, 2.05) is 0 Å². The molecule has 1 saturated carbocycles. The van der Waals surface area contributed by atoms with Gasteiger partial charge in [0.25, 0.3) is 5.91 Å². The topological polar surface area (TPSA) is 138 Å². The van der Waals surface area contributed by atoms with Crippen molar-refractivity contribution in [2.75, 3.05) is 50.2 Å². The first kappa shape index (κ1) is 31.0. The van der Waals surface area contributed by atoms with Crippen molar-refractivity contribution in [2.24, 2.45) is 0 Å². The molecule has 1 saturated heterocycles. The fourth-order valence-corrected chi connectivity index (χ4v) is 4.79. The molecule has 0 atom stereocenters. The van der Waals surface area contributed by atoms with Crippen LogP contribution in [0.4, 0.5) is 43.5 Å². The zero-order valence-electron chi connectivity index (χ0n) is 22.9. The molecule has 1 aromatic carbocycles. The number of nitrogens with one attached hydrogen (secondary N) is 3. The highest BCUT2D eigenvalue weighted by Gasteiger charge is 2.38. The summed E-state index contributed by atoms with van der Waals surface area (Å²) in [5.41, 5.74) is 0.595. The van der Waals surface area contributed by atoms with E-state index in [0.717, 1.165) is 25.5 Å². The molecule has 44 heavy (non-hydrogen) atoms. The molecule has 1 amide bonds. The number of halogens is 6. The number of morpholine rings is 1. The number of ether oxygens (including phenoxy) is 3. The average Bonchev–Trinajstić information content (AvgIpc) is 3.40. The molecule has 17 heteroatoms. The van der Waals surface area contributed by atoms with E-state index in [9.17, 15) is 31.1 Å². The number of aromatic nitrogens is 2. The number of carbonyl (C=O) groups excluding carboxylic acids is 1. The van der Waals surface area contributed by atoms with Gasteiger partial charge in [-0.1, -0.05) is 0 Å². The molecular weight excluding hydrogens is 604 g/mol. The van der Waals surface area contributed by atoms with Gasteiger partial charge in [-0.2, -0.15) is 26.3 Å². The van der Waals surface area contributed by atoms with Gasteiger partial charge < -0.3 is 39.8 Å². The fourth-order valence-electron chi connectivity index (χ4n) is 4.79. The summed E-state index contributed by atoms with van der Waals surface area (Å²) in [6, 6.07) is 5.05. The number of rotatable bonds is 5. The number of alkyl halides is 6. The normalized spacial score (nSPS) is 16.9. The highest BCUT2D eigenvalue weighted by atomic mass is 19.4. The van der Waals surface area contributed by atoms with Crippen molar-refractivity contribution in [3.8, 4) is 11.5 Å². The number of nitrogens with zero attached hydrogens (tertiary/aromatic N) is 2. The van der Waals surface area contributed by atoms with Crippen LogP contribution in [0.2, 0.25) is 0 Å². The van der Waals surface area contributed by atoms with Crippen LogP contribution < -0.4 is 20.1 Å². The Morgan fingerprint density at radius 1 is 0.977 bits per heavy atom. The molecular formula is C27H27F6N5O6. The summed E-state index contributed by atoms with van der Waals surface area (Å²) in [4.78, 5) is 30.8. The molecule has 4 N–H and O–H groups in total. The summed E-state index contributed by atoms with van der Waals surface area (Å²) in [7, 11) is 0. The van der Waals surface area contributed by atoms with Gasteiger partial charge in [0.05, 0.1) is 35.4 Å². The van der Waals surface area contributed by atoms with Gasteiger partial charge in [-0.3, -0.25) is 4.79 Å². The third-order valence-electron chi connectivity index (χ3n) is 7.13. The fraction of sp³-hybridized carbons (Fsp3) is 0.444. The first-order chi connectivity index (χ1) is 20.8. The van der Waals surface area contributed by atoms with Crippen LogP contribution in [-0.4, -0.2) is 83.6 Å². The second kappa shape index (κ2) is 12.3. The molecule has 2 aromatic heterocycles. The molecule has 3 aromatic rings. The Balaban J connectivity index is 0.000000493. The summed E-state index contributed by atoms with van der Waals surface area (Å²) in [6.45, 7) is 2.53. The minimum Gasteiger partial charge on any atom is -0.485 e. The van der Waals surface area contributed by atoms with E-state index in [-0.39, 0.29) is 23.0 Å². The summed E-state index contributed by atoms with van der Waals surface area (Å²) in [5, 5.41) is 13.6. The number of pyridine rings is 1. The summed E-state index contributed by atoms with van der Waals surface area (Å²) in [6.07, 6.45) is -5.82. The van der Waals surface area contributed by atoms with Crippen molar-refractivity contribution in [2.45, 2.75) is 37.7 Å². The second-order valence-electron chi connectivity index (χ2n) is 10.1. The maximum absolute atomic E-state index is 13.7. The summed E-state index contributed by atoms with van der Waals surface area (Å²) < 4.78 is 89.8. The Bertz CT molecular complexity index is 1530. The van der Waals surface area contributed by atoms with Crippen LogP contribution in [0, 0.1) is 0 Å². The number of hydrogen-bond acceptors (Lipinski definition) is 8. The van der Waals surface area contributed by atoms with Gasteiger partial charge in [-0.15, -0.1) is 0 Å². The smallest absolute Gasteiger partial charge is 0.485 e. The predicted octanol–water partition coefficient (Wildman–Crippen LogP) is 5.17. The maximum atomic E-state index is 13.7. The zero-order chi connectivity index (χ0) is 31.6. The standard InChI is InChI=1S/C25H26F3N5O4.C2HF3O2/c26-25(27,28)16-13-29-23-20(16)18(30-14-2-1-3-14)12-19(32-23)31-17-5-4-15(21-22(17)37-11-10-36-21)24(34)33-6-8-35-9-7-33;3-2(4,5)1(6)7/h4-5,12-14H,1-3,6-11H2,(H3,29,30,31,32);(H,6,7). The molecule has 11 nitrogen and oxygen atoms in total. The highest BCUT2D eigenvalue weighted by Crippen LogP contribution is 2.44. The molecule has 0 bridgehead atoms. The molecule has 0 unspecified atom stereocenters. The highest BCUT2D eigenvalue weighted by molar-refractivity contribution is 6.00. The van der Waals surface area contributed by atoms with Crippen LogP contribution in [0.5, 0.6) is 11.5 Å². The average molecular weight is 632 g/mol. The number of H-pyrrole nitrogens is 1. The van der Waals surface area contributed by atoms with Gasteiger partial charge in [0.1, 0.15) is 24.7 Å². The number of carboxylic acid groups (broad SMARTS) is 1. The first-order valence-electron chi connectivity index (χ1n) is 13.6. The molecule has 6 rings (SSSR count). The van der Waals surface area contributed by atoms with E-state index in [0.29, 0.717) is 73.8 Å². The zero-order valence-corrected chi connectivity index (χ0v) is 22.9. The van der Waals surface area contributed by atoms with Crippen LogP contribution in [-0.2, 0) is 15.7 Å². The second-order valence-corrected chi connectivity index (χ2v) is 10.1. The largest absolute Gasteiger partial charge is 0.490 e. The van der Waals surface area contributed by atoms with E-state index in [2.05, 4.69) is 20.6 Å².